The van der Waals surface area contributed by atoms with Crippen LogP contribution in [0.15, 0.2) is 97.1 Å². The van der Waals surface area contributed by atoms with Gasteiger partial charge in [-0.05, 0) is 20.7 Å². The fourth-order valence-electron chi connectivity index (χ4n) is 6.78. The molecule has 0 bridgehead atoms. The molecule has 1 heterocycles. The summed E-state index contributed by atoms with van der Waals surface area (Å²) in [6, 6.07) is 13.7. The molecule has 1 saturated heterocycles. The summed E-state index contributed by atoms with van der Waals surface area (Å²) in [6.45, 7) is 0. The van der Waals surface area contributed by atoms with Crippen molar-refractivity contribution in [2.75, 3.05) is 0 Å². The van der Waals surface area contributed by atoms with Crippen LogP contribution < -0.4 is 20.7 Å². The average Bonchev–Trinajstić information content (AvgIpc) is 2.92. The minimum atomic E-state index is -5.17. The molecule has 0 aromatic heterocycles. The molecular formula is C30H20F12Si2. The van der Waals surface area contributed by atoms with E-state index in [1.807, 2.05) is 0 Å². The van der Waals surface area contributed by atoms with Gasteiger partial charge in [-0.15, -0.1) is 0 Å². The minimum Gasteiger partial charge on any atom is -0.166 e. The highest BCUT2D eigenvalue weighted by Gasteiger charge is 2.70. The topological polar surface area (TPSA) is 0 Å². The lowest BCUT2D eigenvalue weighted by atomic mass is 10.2. The van der Waals surface area contributed by atoms with Crippen LogP contribution in [0.3, 0.4) is 0 Å². The summed E-state index contributed by atoms with van der Waals surface area (Å²) >= 11 is 0. The second kappa shape index (κ2) is 10.5. The van der Waals surface area contributed by atoms with Gasteiger partial charge < -0.3 is 0 Å². The van der Waals surface area contributed by atoms with Crippen molar-refractivity contribution in [1.29, 1.82) is 0 Å². The van der Waals surface area contributed by atoms with Crippen LogP contribution in [-0.2, 0) is 24.7 Å². The van der Waals surface area contributed by atoms with Gasteiger partial charge in [0.1, 0.15) is 15.2 Å². The van der Waals surface area contributed by atoms with Crippen LogP contribution in [0.1, 0.15) is 22.3 Å². The summed E-state index contributed by atoms with van der Waals surface area (Å²) in [7, 11) is -9.77. The molecule has 0 nitrogen and oxygen atoms in total. The van der Waals surface area contributed by atoms with Crippen LogP contribution >= 0.6 is 0 Å². The Bertz CT molecular complexity index is 1440. The largest absolute Gasteiger partial charge is 0.416 e. The van der Waals surface area contributed by atoms with E-state index in [2.05, 4.69) is 0 Å². The van der Waals surface area contributed by atoms with E-state index in [0.29, 0.717) is 24.3 Å². The van der Waals surface area contributed by atoms with Crippen LogP contribution in [0, 0.1) is 0 Å². The van der Waals surface area contributed by atoms with E-state index in [1.165, 1.54) is 0 Å². The molecule has 0 saturated carbocycles. The molecule has 5 rings (SSSR count). The molecule has 1 fully saturated rings. The minimum absolute atomic E-state index is 0.433. The Morgan fingerprint density at radius 2 is 0.500 bits per heavy atom. The summed E-state index contributed by atoms with van der Waals surface area (Å²) in [5.74, 6) is 0. The van der Waals surface area contributed by atoms with Gasteiger partial charge in [0, 0.05) is 0 Å². The molecule has 14 heteroatoms. The number of rotatable bonds is 4. The van der Waals surface area contributed by atoms with Crippen molar-refractivity contribution >= 4 is 35.9 Å². The van der Waals surface area contributed by atoms with Gasteiger partial charge in [0.25, 0.3) is 0 Å². The lowest BCUT2D eigenvalue weighted by Crippen LogP contribution is -2.92. The maximum Gasteiger partial charge on any atom is 0.416 e. The molecule has 4 aromatic rings. The Hall–Kier alpha value is -3.53. The Morgan fingerprint density at radius 1 is 0.318 bits per heavy atom. The van der Waals surface area contributed by atoms with Crippen LogP contribution in [-0.4, -0.2) is 15.2 Å². The van der Waals surface area contributed by atoms with E-state index < -0.39 is 95.0 Å². The zero-order valence-electron chi connectivity index (χ0n) is 22.2. The molecule has 1 aliphatic rings. The SMILES string of the molecule is FC(F)(F)c1ccccc1[Si]1(c2ccccc2C(F)(F)F)CC[Si]1(c1ccccc1C(F)(F)F)c1ccccc1C(F)(F)F. The molecule has 0 N–H and O–H groups in total. The number of halogens is 12. The number of alkyl halides is 12. The molecular weight excluding hydrogens is 644 g/mol. The van der Waals surface area contributed by atoms with Gasteiger partial charge in [-0.1, -0.05) is 109 Å². The van der Waals surface area contributed by atoms with E-state index in [4.69, 9.17) is 0 Å². The fourth-order valence-corrected chi connectivity index (χ4v) is 27.7. The molecule has 232 valence electrons. The standard InChI is InChI=1S/C30H20F12Si2/c31-27(32,33)19-9-1-5-13-23(19)43(24-14-6-2-10-20(24)28(34,35)36)17-18-44(43,25-15-7-3-11-21(25)29(37,38)39)26-16-8-4-12-22(26)30(40,41)42/h1-16H,17-18H2. The van der Waals surface area contributed by atoms with Gasteiger partial charge in [0.15, 0.2) is 0 Å². The van der Waals surface area contributed by atoms with Crippen molar-refractivity contribution in [3.05, 3.63) is 119 Å². The highest BCUT2D eigenvalue weighted by molar-refractivity contribution is 7.63. The maximum absolute atomic E-state index is 14.6. The first kappa shape index (κ1) is 31.9. The monoisotopic (exact) mass is 664 g/mol. The number of hydrogen-bond donors (Lipinski definition) is 0. The third kappa shape index (κ3) is 4.95. The highest BCUT2D eigenvalue weighted by Crippen LogP contribution is 2.47. The lowest BCUT2D eigenvalue weighted by Gasteiger charge is -2.59. The van der Waals surface area contributed by atoms with Crippen molar-refractivity contribution in [3.8, 4) is 0 Å². The van der Waals surface area contributed by atoms with Crippen molar-refractivity contribution in [1.82, 2.24) is 0 Å². The predicted molar refractivity (Wildman–Crippen MR) is 145 cm³/mol. The van der Waals surface area contributed by atoms with Gasteiger partial charge in [0.2, 0.25) is 0 Å². The first-order valence-corrected chi connectivity index (χ1v) is 18.4. The molecule has 0 amide bonds. The molecule has 0 unspecified atom stereocenters. The highest BCUT2D eigenvalue weighted by atomic mass is 29.3. The van der Waals surface area contributed by atoms with Crippen molar-refractivity contribution < 1.29 is 52.7 Å². The van der Waals surface area contributed by atoms with Crippen LogP contribution in [0.25, 0.3) is 0 Å². The summed E-state index contributed by atoms with van der Waals surface area (Å²) in [5.41, 5.74) is -5.52. The Balaban J connectivity index is 2.09. The van der Waals surface area contributed by atoms with Gasteiger partial charge in [-0.25, -0.2) is 0 Å². The second-order valence-electron chi connectivity index (χ2n) is 10.5. The predicted octanol–water partition coefficient (Wildman–Crippen LogP) is 7.68. The van der Waals surface area contributed by atoms with E-state index in [-0.39, 0.29) is 0 Å². The third-order valence-electron chi connectivity index (χ3n) is 8.37. The van der Waals surface area contributed by atoms with Crippen LogP contribution in [0.5, 0.6) is 0 Å². The molecule has 0 aliphatic carbocycles. The van der Waals surface area contributed by atoms with E-state index >= 15 is 0 Å². The molecule has 0 atom stereocenters. The normalized spacial score (nSPS) is 16.8. The van der Waals surface area contributed by atoms with E-state index in [0.717, 1.165) is 72.8 Å². The van der Waals surface area contributed by atoms with Crippen molar-refractivity contribution in [2.45, 2.75) is 36.8 Å². The number of hydrogen-bond acceptors (Lipinski definition) is 0. The van der Waals surface area contributed by atoms with Gasteiger partial charge >= 0.3 is 24.7 Å². The molecule has 0 radical (unpaired) electrons. The van der Waals surface area contributed by atoms with Gasteiger partial charge in [-0.3, -0.25) is 0 Å². The van der Waals surface area contributed by atoms with Crippen LogP contribution in [0.2, 0.25) is 12.1 Å². The molecule has 1 aliphatic heterocycles. The van der Waals surface area contributed by atoms with Gasteiger partial charge in [-0.2, -0.15) is 52.7 Å². The Labute approximate surface area is 244 Å². The van der Waals surface area contributed by atoms with E-state index in [9.17, 15) is 52.7 Å². The molecule has 4 aromatic carbocycles. The Kier molecular flexibility index (Phi) is 7.63. The van der Waals surface area contributed by atoms with Crippen molar-refractivity contribution in [3.63, 3.8) is 0 Å². The summed E-state index contributed by atoms with van der Waals surface area (Å²) < 4.78 is 176. The first-order valence-electron chi connectivity index (χ1n) is 13.0. The Morgan fingerprint density at radius 3 is 0.659 bits per heavy atom. The quantitative estimate of drug-likeness (QED) is 0.155. The van der Waals surface area contributed by atoms with Crippen molar-refractivity contribution in [2.24, 2.45) is 0 Å². The summed E-state index contributed by atoms with van der Waals surface area (Å²) in [4.78, 5) is 0. The zero-order valence-corrected chi connectivity index (χ0v) is 24.2. The fraction of sp³-hybridized carbons (Fsp3) is 0.200. The summed E-state index contributed by atoms with van der Waals surface area (Å²) in [6.07, 6.45) is -20.7. The van der Waals surface area contributed by atoms with Gasteiger partial charge in [0.05, 0.1) is 22.3 Å². The lowest BCUT2D eigenvalue weighted by molar-refractivity contribution is -0.138. The number of benzene rings is 4. The maximum atomic E-state index is 14.6. The van der Waals surface area contributed by atoms with E-state index in [1.54, 1.807) is 0 Å². The molecule has 44 heavy (non-hydrogen) atoms. The first-order chi connectivity index (χ1) is 20.4. The molecule has 0 spiro atoms. The smallest absolute Gasteiger partial charge is 0.166 e. The second-order valence-corrected chi connectivity index (χ2v) is 22.4. The van der Waals surface area contributed by atoms with Crippen LogP contribution in [0.4, 0.5) is 52.7 Å². The third-order valence-corrected chi connectivity index (χ3v) is 26.9. The zero-order chi connectivity index (χ0) is 32.3. The average molecular weight is 665 g/mol. The summed E-state index contributed by atoms with van der Waals surface area (Å²) in [5, 5.41) is -2.68.